The summed E-state index contributed by atoms with van der Waals surface area (Å²) in [4.78, 5) is 5.00. The normalized spacial score (nSPS) is 13.3. The molecular weight excluding hydrogens is 761 g/mol. The molecule has 0 saturated carbocycles. The van der Waals surface area contributed by atoms with E-state index in [9.17, 15) is 0 Å². The minimum Gasteiger partial charge on any atom is -0.310 e. The molecule has 2 heteroatoms. The highest BCUT2D eigenvalue weighted by Gasteiger charge is 2.52. The summed E-state index contributed by atoms with van der Waals surface area (Å²) in [6, 6.07) is 72.4. The smallest absolute Gasteiger partial charge is 0.0783 e. The lowest BCUT2D eigenvalue weighted by Crippen LogP contribution is -2.42. The molecule has 316 valence electrons. The van der Waals surface area contributed by atoms with E-state index in [-0.39, 0.29) is 10.8 Å². The molecule has 0 aromatic heterocycles. The van der Waals surface area contributed by atoms with Crippen molar-refractivity contribution in [1.29, 1.82) is 0 Å². The molecule has 10 rings (SSSR count). The van der Waals surface area contributed by atoms with Crippen LogP contribution in [0.15, 0.2) is 194 Å². The second-order valence-electron chi connectivity index (χ2n) is 18.2. The standard InChI is InChI=1S/C57H50N2.2C2H6/c1-55(2,3)43-29-35-53-49(37-43)57(47-21-13-15-23-51(47)58(53)45-31-25-41(26-32-45)39-17-9-7-10-18-39)48-22-14-16-24-52(48)59(54-36-30-44(38-50(54)57)56(4,5)6)46-33-27-42(28-34-46)40-19-11-8-12-20-40;2*1-2/h7-38H,1-6H3;2*1-2H3. The van der Waals surface area contributed by atoms with E-state index in [1.807, 2.05) is 27.7 Å². The quantitative estimate of drug-likeness (QED) is 0.174. The summed E-state index contributed by atoms with van der Waals surface area (Å²) in [6.07, 6.45) is 0. The van der Waals surface area contributed by atoms with Gasteiger partial charge in [0, 0.05) is 11.4 Å². The number of para-hydroxylation sites is 2. The van der Waals surface area contributed by atoms with Gasteiger partial charge in [-0.1, -0.05) is 215 Å². The van der Waals surface area contributed by atoms with Crippen LogP contribution in [0.2, 0.25) is 0 Å². The van der Waals surface area contributed by atoms with Crippen LogP contribution in [0.25, 0.3) is 22.3 Å². The fraction of sp³-hybridized carbons (Fsp3) is 0.213. The number of hydrogen-bond donors (Lipinski definition) is 0. The molecule has 2 nitrogen and oxygen atoms in total. The van der Waals surface area contributed by atoms with Crippen molar-refractivity contribution in [2.24, 2.45) is 0 Å². The van der Waals surface area contributed by atoms with Crippen molar-refractivity contribution in [2.75, 3.05) is 9.80 Å². The third-order valence-corrected chi connectivity index (χ3v) is 12.6. The molecule has 2 aliphatic rings. The van der Waals surface area contributed by atoms with E-state index in [0.29, 0.717) is 0 Å². The Morgan fingerprint density at radius 3 is 0.952 bits per heavy atom. The Morgan fingerprint density at radius 2 is 0.603 bits per heavy atom. The molecule has 0 amide bonds. The molecule has 0 unspecified atom stereocenters. The van der Waals surface area contributed by atoms with Gasteiger partial charge >= 0.3 is 0 Å². The zero-order chi connectivity index (χ0) is 44.5. The minimum atomic E-state index is -0.624. The van der Waals surface area contributed by atoms with Gasteiger partial charge in [0.15, 0.2) is 0 Å². The molecule has 63 heavy (non-hydrogen) atoms. The van der Waals surface area contributed by atoms with Crippen molar-refractivity contribution in [1.82, 2.24) is 0 Å². The summed E-state index contributed by atoms with van der Waals surface area (Å²) in [6.45, 7) is 22.0. The second kappa shape index (κ2) is 17.3. The first-order valence-corrected chi connectivity index (χ1v) is 22.9. The van der Waals surface area contributed by atoms with E-state index in [2.05, 4.69) is 245 Å². The predicted octanol–water partition coefficient (Wildman–Crippen LogP) is 17.6. The van der Waals surface area contributed by atoms with Crippen LogP contribution in [0.3, 0.4) is 0 Å². The van der Waals surface area contributed by atoms with Crippen molar-refractivity contribution >= 4 is 34.1 Å². The first-order chi connectivity index (χ1) is 30.5. The highest BCUT2D eigenvalue weighted by atomic mass is 15.2. The van der Waals surface area contributed by atoms with Crippen LogP contribution in [0, 0.1) is 0 Å². The summed E-state index contributed by atoms with van der Waals surface area (Å²) in [5, 5.41) is 0. The third-order valence-electron chi connectivity index (χ3n) is 12.6. The van der Waals surface area contributed by atoms with Crippen LogP contribution in [0.4, 0.5) is 34.1 Å². The molecule has 0 atom stereocenters. The Balaban J connectivity index is 0.00000132. The maximum absolute atomic E-state index is 2.53. The average molecular weight is 823 g/mol. The molecule has 2 heterocycles. The van der Waals surface area contributed by atoms with Crippen LogP contribution in [-0.4, -0.2) is 0 Å². The molecule has 8 aromatic carbocycles. The second-order valence-corrected chi connectivity index (χ2v) is 18.2. The van der Waals surface area contributed by atoms with E-state index in [1.54, 1.807) is 0 Å². The monoisotopic (exact) mass is 822 g/mol. The number of benzene rings is 8. The number of nitrogens with zero attached hydrogens (tertiary/aromatic N) is 2. The molecule has 2 aliphatic heterocycles. The van der Waals surface area contributed by atoms with Crippen LogP contribution < -0.4 is 9.80 Å². The van der Waals surface area contributed by atoms with E-state index in [4.69, 9.17) is 0 Å². The fourth-order valence-corrected chi connectivity index (χ4v) is 9.52. The molecule has 0 saturated heterocycles. The fourth-order valence-electron chi connectivity index (χ4n) is 9.52. The molecular formula is C61H62N2. The maximum Gasteiger partial charge on any atom is 0.0783 e. The van der Waals surface area contributed by atoms with E-state index < -0.39 is 5.41 Å². The molecule has 1 spiro atoms. The summed E-state index contributed by atoms with van der Waals surface area (Å²) in [7, 11) is 0. The Bertz CT molecular complexity index is 2620. The summed E-state index contributed by atoms with van der Waals surface area (Å²) >= 11 is 0. The van der Waals surface area contributed by atoms with Gasteiger partial charge in [0.2, 0.25) is 0 Å². The SMILES string of the molecule is CC.CC.CC(C)(C)c1ccc2c(c1)C1(c3ccccc3N2c2ccc(-c3ccccc3)cc2)c2ccccc2N(c2ccc(-c3ccccc3)cc2)c2ccc(C(C)(C)C)cc21. The van der Waals surface area contributed by atoms with Gasteiger partial charge in [-0.2, -0.15) is 0 Å². The van der Waals surface area contributed by atoms with Crippen molar-refractivity contribution in [3.8, 4) is 22.3 Å². The highest BCUT2D eigenvalue weighted by Crippen LogP contribution is 2.64. The van der Waals surface area contributed by atoms with E-state index in [0.717, 1.165) is 11.4 Å². The molecule has 0 fully saturated rings. The van der Waals surface area contributed by atoms with Crippen molar-refractivity contribution in [3.05, 3.63) is 228 Å². The van der Waals surface area contributed by atoms with Gasteiger partial charge in [-0.05, 0) is 115 Å². The summed E-state index contributed by atoms with van der Waals surface area (Å²) in [5.74, 6) is 0. The number of rotatable bonds is 4. The highest BCUT2D eigenvalue weighted by molar-refractivity contribution is 5.97. The maximum atomic E-state index is 2.53. The topological polar surface area (TPSA) is 6.48 Å². The van der Waals surface area contributed by atoms with Crippen molar-refractivity contribution < 1.29 is 0 Å². The van der Waals surface area contributed by atoms with Gasteiger partial charge in [0.1, 0.15) is 0 Å². The first kappa shape index (κ1) is 43.0. The van der Waals surface area contributed by atoms with Gasteiger partial charge < -0.3 is 9.80 Å². The van der Waals surface area contributed by atoms with Crippen LogP contribution in [0.1, 0.15) is 103 Å². The molecule has 0 bridgehead atoms. The summed E-state index contributed by atoms with van der Waals surface area (Å²) in [5.41, 5.74) is 19.0. The summed E-state index contributed by atoms with van der Waals surface area (Å²) < 4.78 is 0. The van der Waals surface area contributed by atoms with Crippen molar-refractivity contribution in [3.63, 3.8) is 0 Å². The minimum absolute atomic E-state index is 0.0633. The zero-order valence-electron chi connectivity index (χ0n) is 38.9. The van der Waals surface area contributed by atoms with Gasteiger partial charge in [0.25, 0.3) is 0 Å². The van der Waals surface area contributed by atoms with Gasteiger partial charge in [-0.3, -0.25) is 0 Å². The number of hydrogen-bond acceptors (Lipinski definition) is 2. The number of anilines is 6. The number of fused-ring (bicyclic) bond motifs is 8. The predicted molar refractivity (Wildman–Crippen MR) is 272 cm³/mol. The zero-order valence-corrected chi connectivity index (χ0v) is 38.9. The van der Waals surface area contributed by atoms with Gasteiger partial charge in [0.05, 0.1) is 28.2 Å². The lowest BCUT2D eigenvalue weighted by atomic mass is 9.59. The molecule has 8 aromatic rings. The third kappa shape index (κ3) is 7.46. The lowest BCUT2D eigenvalue weighted by Gasteiger charge is -2.52. The van der Waals surface area contributed by atoms with Gasteiger partial charge in [-0.15, -0.1) is 0 Å². The Kier molecular flexibility index (Phi) is 11.8. The lowest BCUT2D eigenvalue weighted by molar-refractivity contribution is 0.583. The van der Waals surface area contributed by atoms with E-state index >= 15 is 0 Å². The van der Waals surface area contributed by atoms with Crippen LogP contribution >= 0.6 is 0 Å². The average Bonchev–Trinajstić information content (AvgIpc) is 3.33. The Hall–Kier alpha value is -6.64. The van der Waals surface area contributed by atoms with Crippen LogP contribution in [0.5, 0.6) is 0 Å². The van der Waals surface area contributed by atoms with Crippen molar-refractivity contribution in [2.45, 2.75) is 85.5 Å². The first-order valence-electron chi connectivity index (χ1n) is 22.9. The molecule has 0 aliphatic carbocycles. The van der Waals surface area contributed by atoms with E-state index in [1.165, 1.54) is 78.4 Å². The Morgan fingerprint density at radius 1 is 0.302 bits per heavy atom. The molecule has 0 N–H and O–H groups in total. The Labute approximate surface area is 377 Å². The van der Waals surface area contributed by atoms with Gasteiger partial charge in [-0.25, -0.2) is 0 Å². The largest absolute Gasteiger partial charge is 0.310 e. The van der Waals surface area contributed by atoms with Crippen LogP contribution in [-0.2, 0) is 16.2 Å². The molecule has 0 radical (unpaired) electrons.